The molecule has 1 aromatic rings. The highest BCUT2D eigenvalue weighted by Crippen LogP contribution is 2.28. The van der Waals surface area contributed by atoms with Gasteiger partial charge in [0.15, 0.2) is 5.78 Å². The molecular formula is C18H25NO. The van der Waals surface area contributed by atoms with Crippen molar-refractivity contribution in [2.45, 2.75) is 51.4 Å². The normalized spacial score (nSPS) is 20.3. The van der Waals surface area contributed by atoms with E-state index in [-0.39, 0.29) is 0 Å². The van der Waals surface area contributed by atoms with Gasteiger partial charge in [-0.15, -0.1) is 0 Å². The summed E-state index contributed by atoms with van der Waals surface area (Å²) in [6.45, 7) is 1.66. The topological polar surface area (TPSA) is 20.3 Å². The number of Topliss-reactive ketones (excluding diaryl/α,β-unsaturated/α-hetero) is 1. The molecule has 0 bridgehead atoms. The summed E-state index contributed by atoms with van der Waals surface area (Å²) in [5, 5.41) is 0. The van der Waals surface area contributed by atoms with E-state index in [4.69, 9.17) is 0 Å². The second-order valence-corrected chi connectivity index (χ2v) is 6.31. The molecule has 0 atom stereocenters. The molecule has 20 heavy (non-hydrogen) atoms. The van der Waals surface area contributed by atoms with Crippen molar-refractivity contribution in [3.63, 3.8) is 0 Å². The zero-order valence-electron chi connectivity index (χ0n) is 12.3. The third-order valence-corrected chi connectivity index (χ3v) is 4.86. The Balaban J connectivity index is 1.71. The van der Waals surface area contributed by atoms with Gasteiger partial charge in [-0.25, -0.2) is 0 Å². The monoisotopic (exact) mass is 271 g/mol. The van der Waals surface area contributed by atoms with Gasteiger partial charge >= 0.3 is 0 Å². The van der Waals surface area contributed by atoms with Crippen LogP contribution in [0.2, 0.25) is 0 Å². The predicted octanol–water partition coefficient (Wildman–Crippen LogP) is 3.98. The average molecular weight is 271 g/mol. The molecule has 0 N–H and O–H groups in total. The third kappa shape index (κ3) is 3.05. The maximum Gasteiger partial charge on any atom is 0.155 e. The number of benzene rings is 1. The minimum absolute atomic E-state index is 0.333. The molecule has 2 heteroatoms. The number of rotatable bonds is 3. The van der Waals surface area contributed by atoms with Gasteiger partial charge in [0.05, 0.1) is 6.54 Å². The molecule has 2 nitrogen and oxygen atoms in total. The van der Waals surface area contributed by atoms with Crippen LogP contribution in [-0.2, 0) is 11.2 Å². The molecule has 2 aliphatic rings. The Bertz CT molecular complexity index is 462. The first kappa shape index (κ1) is 13.7. The summed E-state index contributed by atoms with van der Waals surface area (Å²) in [7, 11) is 0. The van der Waals surface area contributed by atoms with Crippen molar-refractivity contribution in [2.24, 2.45) is 5.92 Å². The smallest absolute Gasteiger partial charge is 0.155 e. The van der Waals surface area contributed by atoms with Crippen LogP contribution in [-0.4, -0.2) is 18.9 Å². The number of carbonyl (C=O) groups excluding carboxylic acids is 1. The highest BCUT2D eigenvalue weighted by Gasteiger charge is 2.24. The van der Waals surface area contributed by atoms with Crippen LogP contribution < -0.4 is 4.90 Å². The lowest BCUT2D eigenvalue weighted by molar-refractivity contribution is -0.122. The highest BCUT2D eigenvalue weighted by atomic mass is 16.1. The Labute approximate surface area is 122 Å². The summed E-state index contributed by atoms with van der Waals surface area (Å²) in [6, 6.07) is 8.63. The lowest BCUT2D eigenvalue weighted by Gasteiger charge is -2.27. The van der Waals surface area contributed by atoms with Crippen LogP contribution in [0.5, 0.6) is 0 Å². The van der Waals surface area contributed by atoms with Crippen LogP contribution in [0.1, 0.15) is 50.5 Å². The van der Waals surface area contributed by atoms with E-state index < -0.39 is 0 Å². The van der Waals surface area contributed by atoms with Gasteiger partial charge in [0.25, 0.3) is 0 Å². The summed E-state index contributed by atoms with van der Waals surface area (Å²) in [4.78, 5) is 14.9. The summed E-state index contributed by atoms with van der Waals surface area (Å²) >= 11 is 0. The van der Waals surface area contributed by atoms with Crippen molar-refractivity contribution in [3.05, 3.63) is 29.8 Å². The molecule has 1 aliphatic carbocycles. The van der Waals surface area contributed by atoms with Crippen molar-refractivity contribution >= 4 is 11.5 Å². The Morgan fingerprint density at radius 1 is 1.05 bits per heavy atom. The molecule has 1 aliphatic heterocycles. The molecule has 0 aromatic heterocycles. The molecule has 3 rings (SSSR count). The van der Waals surface area contributed by atoms with Crippen LogP contribution in [0, 0.1) is 5.92 Å². The molecule has 1 heterocycles. The van der Waals surface area contributed by atoms with E-state index in [9.17, 15) is 4.79 Å². The Kier molecular flexibility index (Phi) is 4.39. The van der Waals surface area contributed by atoms with Crippen molar-refractivity contribution in [1.82, 2.24) is 0 Å². The molecule has 0 spiro atoms. The molecule has 1 fully saturated rings. The second-order valence-electron chi connectivity index (χ2n) is 6.31. The molecule has 1 saturated carbocycles. The first-order valence-electron chi connectivity index (χ1n) is 8.20. The number of hydrogen-bond donors (Lipinski definition) is 0. The number of para-hydroxylation sites is 1. The molecule has 0 radical (unpaired) electrons. The fourth-order valence-electron chi connectivity index (χ4n) is 3.68. The number of carbonyl (C=O) groups is 1. The van der Waals surface area contributed by atoms with E-state index in [2.05, 4.69) is 29.2 Å². The van der Waals surface area contributed by atoms with Crippen LogP contribution in [0.3, 0.4) is 0 Å². The second kappa shape index (κ2) is 6.43. The number of ketones is 1. The van der Waals surface area contributed by atoms with Crippen LogP contribution in [0.25, 0.3) is 0 Å². The number of aryl methyl sites for hydroxylation is 1. The van der Waals surface area contributed by atoms with Gasteiger partial charge in [0.2, 0.25) is 0 Å². The Morgan fingerprint density at radius 2 is 1.85 bits per heavy atom. The predicted molar refractivity (Wildman–Crippen MR) is 83.2 cm³/mol. The van der Waals surface area contributed by atoms with Crippen LogP contribution in [0.4, 0.5) is 5.69 Å². The van der Waals surface area contributed by atoms with Gasteiger partial charge in [-0.2, -0.15) is 0 Å². The van der Waals surface area contributed by atoms with E-state index in [0.29, 0.717) is 18.2 Å². The minimum Gasteiger partial charge on any atom is -0.364 e. The van der Waals surface area contributed by atoms with Gasteiger partial charge in [0.1, 0.15) is 0 Å². The van der Waals surface area contributed by atoms with E-state index in [1.165, 1.54) is 43.4 Å². The van der Waals surface area contributed by atoms with E-state index in [0.717, 1.165) is 25.8 Å². The first-order chi connectivity index (χ1) is 9.84. The standard InChI is InChI=1S/C18H25NO/c20-18(16-10-2-1-3-11-16)14-19-13-7-6-9-15-8-4-5-12-17(15)19/h4-5,8,12,16H,1-3,6-7,9-11,13-14H2. The van der Waals surface area contributed by atoms with Crippen molar-refractivity contribution in [3.8, 4) is 0 Å². The number of nitrogens with zero attached hydrogens (tertiary/aromatic N) is 1. The van der Waals surface area contributed by atoms with Gasteiger partial charge < -0.3 is 4.90 Å². The summed E-state index contributed by atoms with van der Waals surface area (Å²) in [6.07, 6.45) is 9.64. The maximum atomic E-state index is 12.5. The summed E-state index contributed by atoms with van der Waals surface area (Å²) in [5.41, 5.74) is 2.72. The van der Waals surface area contributed by atoms with Gasteiger partial charge in [-0.3, -0.25) is 4.79 Å². The van der Waals surface area contributed by atoms with E-state index >= 15 is 0 Å². The molecule has 1 aromatic carbocycles. The number of anilines is 1. The molecule has 108 valence electrons. The highest BCUT2D eigenvalue weighted by molar-refractivity contribution is 5.86. The van der Waals surface area contributed by atoms with E-state index in [1.54, 1.807) is 0 Å². The Morgan fingerprint density at radius 3 is 2.70 bits per heavy atom. The zero-order chi connectivity index (χ0) is 13.8. The van der Waals surface area contributed by atoms with Crippen LogP contribution >= 0.6 is 0 Å². The SMILES string of the molecule is O=C(CN1CCCCc2ccccc21)C1CCCCC1. The van der Waals surface area contributed by atoms with Gasteiger partial charge in [-0.1, -0.05) is 37.5 Å². The van der Waals surface area contributed by atoms with E-state index in [1.807, 2.05) is 0 Å². The maximum absolute atomic E-state index is 12.5. The van der Waals surface area contributed by atoms with Gasteiger partial charge in [0, 0.05) is 18.2 Å². The van der Waals surface area contributed by atoms with Crippen molar-refractivity contribution in [1.29, 1.82) is 0 Å². The quantitative estimate of drug-likeness (QED) is 0.829. The molecular weight excluding hydrogens is 246 g/mol. The lowest BCUT2D eigenvalue weighted by atomic mass is 9.86. The largest absolute Gasteiger partial charge is 0.364 e. The molecule has 0 saturated heterocycles. The summed E-state index contributed by atoms with van der Waals surface area (Å²) < 4.78 is 0. The average Bonchev–Trinajstić information content (AvgIpc) is 2.71. The molecule has 0 unspecified atom stereocenters. The minimum atomic E-state index is 0.333. The lowest BCUT2D eigenvalue weighted by Crippen LogP contribution is -2.34. The first-order valence-corrected chi connectivity index (χ1v) is 8.20. The zero-order valence-corrected chi connectivity index (χ0v) is 12.3. The summed E-state index contributed by atoms with van der Waals surface area (Å²) in [5.74, 6) is 0.806. The number of hydrogen-bond acceptors (Lipinski definition) is 2. The fourth-order valence-corrected chi connectivity index (χ4v) is 3.68. The van der Waals surface area contributed by atoms with Gasteiger partial charge in [-0.05, 0) is 43.7 Å². The van der Waals surface area contributed by atoms with Crippen molar-refractivity contribution in [2.75, 3.05) is 18.0 Å². The fraction of sp³-hybridized carbons (Fsp3) is 0.611. The Hall–Kier alpha value is -1.31. The van der Waals surface area contributed by atoms with Crippen LogP contribution in [0.15, 0.2) is 24.3 Å². The third-order valence-electron chi connectivity index (χ3n) is 4.86. The molecule has 0 amide bonds. The van der Waals surface area contributed by atoms with Crippen molar-refractivity contribution < 1.29 is 4.79 Å². The number of fused-ring (bicyclic) bond motifs is 1.